The lowest BCUT2D eigenvalue weighted by molar-refractivity contribution is 0.205. The highest BCUT2D eigenvalue weighted by Gasteiger charge is 2.63. The van der Waals surface area contributed by atoms with Gasteiger partial charge in [0.25, 0.3) is 10.0 Å². The predicted molar refractivity (Wildman–Crippen MR) is 117 cm³/mol. The standard InChI is InChI=1S/C25H27NO2S/c1-3-13-24-14-6-15-25(24)16-17-26(23(25)18-20-7-4-5-8-22(20)24)29(27,28)21-11-9-19(2)10-12-21/h3-5,7-12,18H,1,6,13-17H2,2H3/t24-,25-/m1/s1. The van der Waals surface area contributed by atoms with E-state index in [1.165, 1.54) is 5.56 Å². The molecule has 0 bridgehead atoms. The van der Waals surface area contributed by atoms with Gasteiger partial charge in [0.05, 0.1) is 4.90 Å². The molecule has 3 aliphatic rings. The van der Waals surface area contributed by atoms with Crippen LogP contribution in [-0.4, -0.2) is 19.3 Å². The Hall–Kier alpha value is -2.33. The van der Waals surface area contributed by atoms with E-state index in [2.05, 4.69) is 30.9 Å². The summed E-state index contributed by atoms with van der Waals surface area (Å²) in [6.07, 6.45) is 9.21. The Morgan fingerprint density at radius 3 is 2.59 bits per heavy atom. The van der Waals surface area contributed by atoms with Gasteiger partial charge in [0.15, 0.2) is 0 Å². The van der Waals surface area contributed by atoms with Crippen molar-refractivity contribution in [3.8, 4) is 0 Å². The van der Waals surface area contributed by atoms with Crippen LogP contribution in [0.3, 0.4) is 0 Å². The summed E-state index contributed by atoms with van der Waals surface area (Å²) in [5.74, 6) is 0. The van der Waals surface area contributed by atoms with E-state index in [0.717, 1.165) is 48.9 Å². The number of allylic oxidation sites excluding steroid dienone is 2. The van der Waals surface area contributed by atoms with Gasteiger partial charge in [0.1, 0.15) is 0 Å². The molecule has 1 spiro atoms. The van der Waals surface area contributed by atoms with Crippen molar-refractivity contribution in [1.29, 1.82) is 0 Å². The number of nitrogens with zero attached hydrogens (tertiary/aromatic N) is 1. The second-order valence-corrected chi connectivity index (χ2v) is 10.6. The lowest BCUT2D eigenvalue weighted by atomic mass is 9.55. The quantitative estimate of drug-likeness (QED) is 0.636. The fraction of sp³-hybridized carbons (Fsp3) is 0.360. The Morgan fingerprint density at radius 2 is 1.83 bits per heavy atom. The van der Waals surface area contributed by atoms with Crippen LogP contribution >= 0.6 is 0 Å². The zero-order chi connectivity index (χ0) is 20.3. The highest BCUT2D eigenvalue weighted by Crippen LogP contribution is 2.68. The fourth-order valence-corrected chi connectivity index (χ4v) is 7.79. The van der Waals surface area contributed by atoms with E-state index in [4.69, 9.17) is 0 Å². The molecule has 29 heavy (non-hydrogen) atoms. The van der Waals surface area contributed by atoms with Crippen LogP contribution in [0.5, 0.6) is 0 Å². The summed E-state index contributed by atoms with van der Waals surface area (Å²) in [5.41, 5.74) is 4.42. The molecule has 0 radical (unpaired) electrons. The lowest BCUT2D eigenvalue weighted by Crippen LogP contribution is -2.45. The monoisotopic (exact) mass is 405 g/mol. The number of fused-ring (bicyclic) bond motifs is 2. The fourth-order valence-electron chi connectivity index (χ4n) is 6.24. The van der Waals surface area contributed by atoms with Crippen molar-refractivity contribution in [3.05, 3.63) is 83.6 Å². The predicted octanol–water partition coefficient (Wildman–Crippen LogP) is 5.43. The van der Waals surface area contributed by atoms with Crippen LogP contribution in [0.1, 0.15) is 48.8 Å². The van der Waals surface area contributed by atoms with Crippen molar-refractivity contribution >= 4 is 16.1 Å². The minimum atomic E-state index is -3.57. The Labute approximate surface area is 173 Å². The summed E-state index contributed by atoms with van der Waals surface area (Å²) in [6, 6.07) is 15.8. The summed E-state index contributed by atoms with van der Waals surface area (Å²) in [6.45, 7) is 6.59. The summed E-state index contributed by atoms with van der Waals surface area (Å²) < 4.78 is 29.0. The first-order chi connectivity index (χ1) is 13.9. The van der Waals surface area contributed by atoms with Gasteiger partial charge in [-0.05, 0) is 61.9 Å². The number of aryl methyl sites for hydroxylation is 1. The second-order valence-electron chi connectivity index (χ2n) is 8.77. The van der Waals surface area contributed by atoms with Crippen LogP contribution in [0, 0.1) is 12.3 Å². The SMILES string of the molecule is C=CC[C@]12CCC[C@]13CCN(S(=O)(=O)c1ccc(C)cc1)C3=Cc1ccccc12. The smallest absolute Gasteiger partial charge is 0.264 e. The molecular weight excluding hydrogens is 378 g/mol. The zero-order valence-electron chi connectivity index (χ0n) is 16.9. The molecule has 2 aliphatic carbocycles. The van der Waals surface area contributed by atoms with Crippen molar-refractivity contribution < 1.29 is 8.42 Å². The Morgan fingerprint density at radius 1 is 1.07 bits per heavy atom. The van der Waals surface area contributed by atoms with Crippen LogP contribution in [0.15, 0.2) is 71.8 Å². The molecule has 1 heterocycles. The molecule has 0 N–H and O–H groups in total. The molecule has 1 saturated heterocycles. The number of hydrogen-bond acceptors (Lipinski definition) is 2. The van der Waals surface area contributed by atoms with Gasteiger partial charge in [0, 0.05) is 23.1 Å². The van der Waals surface area contributed by atoms with E-state index in [1.54, 1.807) is 16.4 Å². The molecular formula is C25H27NO2S. The summed E-state index contributed by atoms with van der Waals surface area (Å²) in [5, 5.41) is 0. The molecule has 0 aromatic heterocycles. The van der Waals surface area contributed by atoms with Gasteiger partial charge < -0.3 is 0 Å². The van der Waals surface area contributed by atoms with Gasteiger partial charge in [-0.1, -0.05) is 54.5 Å². The second kappa shape index (κ2) is 6.33. The van der Waals surface area contributed by atoms with Gasteiger partial charge in [-0.2, -0.15) is 0 Å². The normalized spacial score (nSPS) is 27.8. The number of sulfonamides is 1. The largest absolute Gasteiger partial charge is 0.270 e. The molecule has 2 aromatic rings. The molecule has 2 aromatic carbocycles. The Kier molecular flexibility index (Phi) is 4.08. The summed E-state index contributed by atoms with van der Waals surface area (Å²) in [4.78, 5) is 0.382. The average molecular weight is 406 g/mol. The third-order valence-corrected chi connectivity index (χ3v) is 9.32. The van der Waals surface area contributed by atoms with Crippen molar-refractivity contribution in [2.24, 2.45) is 5.41 Å². The molecule has 150 valence electrons. The van der Waals surface area contributed by atoms with Crippen molar-refractivity contribution in [2.45, 2.75) is 49.3 Å². The zero-order valence-corrected chi connectivity index (χ0v) is 17.7. The number of benzene rings is 2. The average Bonchev–Trinajstić information content (AvgIpc) is 3.27. The molecule has 5 rings (SSSR count). The highest BCUT2D eigenvalue weighted by atomic mass is 32.2. The summed E-state index contributed by atoms with van der Waals surface area (Å²) >= 11 is 0. The molecule has 0 unspecified atom stereocenters. The maximum absolute atomic E-state index is 13.6. The van der Waals surface area contributed by atoms with Crippen LogP contribution in [0.25, 0.3) is 6.08 Å². The van der Waals surface area contributed by atoms with E-state index >= 15 is 0 Å². The minimum Gasteiger partial charge on any atom is -0.270 e. The maximum Gasteiger partial charge on any atom is 0.264 e. The molecule has 1 aliphatic heterocycles. The number of hydrogen-bond donors (Lipinski definition) is 0. The molecule has 1 saturated carbocycles. The van der Waals surface area contributed by atoms with Crippen LogP contribution < -0.4 is 0 Å². The Balaban J connectivity index is 1.70. The third-order valence-electron chi connectivity index (χ3n) is 7.49. The van der Waals surface area contributed by atoms with Crippen molar-refractivity contribution in [3.63, 3.8) is 0 Å². The topological polar surface area (TPSA) is 37.4 Å². The van der Waals surface area contributed by atoms with Gasteiger partial charge in [-0.15, -0.1) is 6.58 Å². The highest BCUT2D eigenvalue weighted by molar-refractivity contribution is 7.89. The van der Waals surface area contributed by atoms with Crippen molar-refractivity contribution in [1.82, 2.24) is 4.31 Å². The van der Waals surface area contributed by atoms with E-state index in [9.17, 15) is 8.42 Å². The van der Waals surface area contributed by atoms with E-state index < -0.39 is 10.0 Å². The van der Waals surface area contributed by atoms with Gasteiger partial charge in [-0.25, -0.2) is 8.42 Å². The first kappa shape index (κ1) is 18.7. The van der Waals surface area contributed by atoms with E-state index in [0.29, 0.717) is 11.4 Å². The maximum atomic E-state index is 13.6. The third kappa shape index (κ3) is 2.38. The number of rotatable bonds is 4. The minimum absolute atomic E-state index is 0.0486. The Bertz CT molecular complexity index is 1120. The van der Waals surface area contributed by atoms with Crippen LogP contribution in [0.4, 0.5) is 0 Å². The van der Waals surface area contributed by atoms with Crippen LogP contribution in [0.2, 0.25) is 0 Å². The molecule has 2 atom stereocenters. The summed E-state index contributed by atoms with van der Waals surface area (Å²) in [7, 11) is -3.57. The first-order valence-corrected chi connectivity index (χ1v) is 11.9. The molecule has 0 amide bonds. The van der Waals surface area contributed by atoms with Crippen molar-refractivity contribution in [2.75, 3.05) is 6.54 Å². The van der Waals surface area contributed by atoms with E-state index in [1.807, 2.05) is 31.2 Å². The van der Waals surface area contributed by atoms with Gasteiger partial charge in [-0.3, -0.25) is 4.31 Å². The van der Waals surface area contributed by atoms with E-state index in [-0.39, 0.29) is 10.8 Å². The molecule has 3 nitrogen and oxygen atoms in total. The van der Waals surface area contributed by atoms with Gasteiger partial charge >= 0.3 is 0 Å². The first-order valence-electron chi connectivity index (χ1n) is 10.5. The van der Waals surface area contributed by atoms with Crippen LogP contribution in [-0.2, 0) is 15.4 Å². The molecule has 4 heteroatoms. The molecule has 2 fully saturated rings. The lowest BCUT2D eigenvalue weighted by Gasteiger charge is -2.48. The van der Waals surface area contributed by atoms with Gasteiger partial charge in [0.2, 0.25) is 0 Å².